The number of pyridine rings is 1. The maximum atomic E-state index is 5.41. The Labute approximate surface area is 188 Å². The maximum Gasteiger partial charge on any atom is 0.191 e. The van der Waals surface area contributed by atoms with Crippen molar-refractivity contribution < 1.29 is 9.47 Å². The van der Waals surface area contributed by atoms with E-state index in [0.717, 1.165) is 54.0 Å². The van der Waals surface area contributed by atoms with Gasteiger partial charge in [0.05, 0.1) is 14.2 Å². The summed E-state index contributed by atoms with van der Waals surface area (Å²) in [5, 5.41) is 6.94. The summed E-state index contributed by atoms with van der Waals surface area (Å²) in [5.74, 6) is 3.20. The predicted molar refractivity (Wildman–Crippen MR) is 125 cm³/mol. The molecular weight excluding hydrogens is 406 g/mol. The topological polar surface area (TPSA) is 88.8 Å². The molecule has 168 valence electrons. The van der Waals surface area contributed by atoms with Gasteiger partial charge in [0.1, 0.15) is 23.6 Å². The number of aromatic nitrogens is 3. The van der Waals surface area contributed by atoms with E-state index in [9.17, 15) is 0 Å². The van der Waals surface area contributed by atoms with Crippen LogP contribution < -0.4 is 25.0 Å². The van der Waals surface area contributed by atoms with E-state index in [0.29, 0.717) is 6.54 Å². The van der Waals surface area contributed by atoms with Crippen LogP contribution in [-0.2, 0) is 6.54 Å². The Hall–Kier alpha value is -3.75. The van der Waals surface area contributed by atoms with Crippen molar-refractivity contribution in [1.29, 1.82) is 0 Å². The summed E-state index contributed by atoms with van der Waals surface area (Å²) in [4.78, 5) is 15.2. The van der Waals surface area contributed by atoms with Crippen molar-refractivity contribution in [3.8, 4) is 17.3 Å². The van der Waals surface area contributed by atoms with E-state index in [-0.39, 0.29) is 6.04 Å². The van der Waals surface area contributed by atoms with Crippen molar-refractivity contribution in [2.45, 2.75) is 19.0 Å². The first-order chi connectivity index (χ1) is 15.7. The monoisotopic (exact) mass is 435 g/mol. The number of nitrogens with one attached hydrogen (secondary N) is 2. The second kappa shape index (κ2) is 10.0. The largest absolute Gasteiger partial charge is 0.497 e. The molecule has 0 aliphatic carbocycles. The molecule has 1 saturated heterocycles. The highest BCUT2D eigenvalue weighted by atomic mass is 16.5. The Bertz CT molecular complexity index is 1030. The second-order valence-corrected chi connectivity index (χ2v) is 7.56. The molecule has 1 aliphatic rings. The number of hydrogen-bond acceptors (Lipinski definition) is 6. The normalized spacial score (nSPS) is 16.2. The van der Waals surface area contributed by atoms with Crippen LogP contribution in [0.3, 0.4) is 0 Å². The highest BCUT2D eigenvalue weighted by molar-refractivity contribution is 5.80. The highest BCUT2D eigenvalue weighted by Crippen LogP contribution is 2.30. The first kappa shape index (κ1) is 21.5. The fourth-order valence-corrected chi connectivity index (χ4v) is 3.77. The minimum absolute atomic E-state index is 0.289. The molecule has 9 nitrogen and oxygen atoms in total. The van der Waals surface area contributed by atoms with Gasteiger partial charge in [-0.15, -0.1) is 0 Å². The summed E-state index contributed by atoms with van der Waals surface area (Å²) in [6.45, 7) is 2.47. The van der Waals surface area contributed by atoms with Crippen LogP contribution in [0.5, 0.6) is 11.5 Å². The fraction of sp³-hybridized carbons (Fsp3) is 0.348. The van der Waals surface area contributed by atoms with Gasteiger partial charge in [0.15, 0.2) is 5.96 Å². The molecule has 1 aromatic carbocycles. The minimum Gasteiger partial charge on any atom is -0.497 e. The molecule has 3 heterocycles. The van der Waals surface area contributed by atoms with Gasteiger partial charge in [0.2, 0.25) is 0 Å². The number of aliphatic imine (C=N–C) groups is 1. The van der Waals surface area contributed by atoms with E-state index in [2.05, 4.69) is 30.5 Å². The molecule has 32 heavy (non-hydrogen) atoms. The highest BCUT2D eigenvalue weighted by Gasteiger charge is 2.24. The minimum atomic E-state index is 0.289. The standard InChI is InChI=1S/C23H29N7O2/c1-24-23(27-14-17-4-6-26-22(10-17)30-9-7-25-16-30)28-18-5-8-29(15-18)19-11-20(31-2)13-21(12-19)32-3/h4,6-7,9-13,16,18H,5,8,14-15H2,1-3H3,(H2,24,27,28). The molecule has 1 fully saturated rings. The van der Waals surface area contributed by atoms with E-state index in [1.807, 2.05) is 41.1 Å². The lowest BCUT2D eigenvalue weighted by atomic mass is 10.2. The van der Waals surface area contributed by atoms with Crippen molar-refractivity contribution in [3.05, 3.63) is 60.8 Å². The first-order valence-corrected chi connectivity index (χ1v) is 10.6. The molecule has 0 bridgehead atoms. The van der Waals surface area contributed by atoms with Crippen LogP contribution in [0.1, 0.15) is 12.0 Å². The Morgan fingerprint density at radius 1 is 1.16 bits per heavy atom. The number of anilines is 1. The number of guanidine groups is 1. The molecular formula is C23H29N7O2. The van der Waals surface area contributed by atoms with Crippen LogP contribution in [0.15, 0.2) is 60.2 Å². The molecule has 0 radical (unpaired) electrons. The van der Waals surface area contributed by atoms with Crippen molar-refractivity contribution in [2.75, 3.05) is 39.3 Å². The summed E-state index contributed by atoms with van der Waals surface area (Å²) in [5.41, 5.74) is 2.21. The van der Waals surface area contributed by atoms with E-state index < -0.39 is 0 Å². The Morgan fingerprint density at radius 3 is 2.66 bits per heavy atom. The lowest BCUT2D eigenvalue weighted by molar-refractivity contribution is 0.394. The third-order valence-electron chi connectivity index (χ3n) is 5.49. The lowest BCUT2D eigenvalue weighted by Crippen LogP contribution is -2.44. The van der Waals surface area contributed by atoms with E-state index in [1.54, 1.807) is 40.0 Å². The molecule has 3 aromatic rings. The van der Waals surface area contributed by atoms with Crippen molar-refractivity contribution in [3.63, 3.8) is 0 Å². The molecule has 0 spiro atoms. The van der Waals surface area contributed by atoms with Crippen molar-refractivity contribution >= 4 is 11.6 Å². The predicted octanol–water partition coefficient (Wildman–Crippen LogP) is 2.23. The van der Waals surface area contributed by atoms with Gasteiger partial charge in [-0.05, 0) is 24.1 Å². The van der Waals surface area contributed by atoms with E-state index in [4.69, 9.17) is 9.47 Å². The van der Waals surface area contributed by atoms with Crippen LogP contribution in [0, 0.1) is 0 Å². The average Bonchev–Trinajstić information content (AvgIpc) is 3.54. The molecule has 1 aliphatic heterocycles. The summed E-state index contributed by atoms with van der Waals surface area (Å²) in [7, 11) is 5.13. The van der Waals surface area contributed by atoms with Gasteiger partial charge in [-0.3, -0.25) is 9.56 Å². The molecule has 2 N–H and O–H groups in total. The molecule has 1 atom stereocenters. The molecule has 2 aromatic heterocycles. The summed E-state index contributed by atoms with van der Waals surface area (Å²) in [6.07, 6.45) is 8.18. The zero-order valence-electron chi connectivity index (χ0n) is 18.7. The number of imidazole rings is 1. The molecule has 4 rings (SSSR count). The van der Waals surface area contributed by atoms with Gasteiger partial charge in [0, 0.05) is 75.2 Å². The van der Waals surface area contributed by atoms with Crippen LogP contribution in [0.2, 0.25) is 0 Å². The molecule has 9 heteroatoms. The van der Waals surface area contributed by atoms with Gasteiger partial charge in [0.25, 0.3) is 0 Å². The smallest absolute Gasteiger partial charge is 0.191 e. The number of hydrogen-bond donors (Lipinski definition) is 2. The zero-order valence-corrected chi connectivity index (χ0v) is 18.7. The third kappa shape index (κ3) is 5.11. The van der Waals surface area contributed by atoms with Crippen molar-refractivity contribution in [2.24, 2.45) is 4.99 Å². The average molecular weight is 436 g/mol. The van der Waals surface area contributed by atoms with Crippen molar-refractivity contribution in [1.82, 2.24) is 25.2 Å². The Kier molecular flexibility index (Phi) is 6.74. The SMILES string of the molecule is CN=C(NCc1ccnc(-n2ccnc2)c1)NC1CCN(c2cc(OC)cc(OC)c2)C1. The Balaban J connectivity index is 1.34. The summed E-state index contributed by atoms with van der Waals surface area (Å²) in [6, 6.07) is 10.3. The van der Waals surface area contributed by atoms with Crippen LogP contribution in [0.4, 0.5) is 5.69 Å². The van der Waals surface area contributed by atoms with Gasteiger partial charge in [-0.1, -0.05) is 0 Å². The molecule has 1 unspecified atom stereocenters. The van der Waals surface area contributed by atoms with Gasteiger partial charge in [-0.25, -0.2) is 9.97 Å². The maximum absolute atomic E-state index is 5.41. The molecule has 0 amide bonds. The zero-order chi connectivity index (χ0) is 22.3. The number of methoxy groups -OCH3 is 2. The Morgan fingerprint density at radius 2 is 1.97 bits per heavy atom. The van der Waals surface area contributed by atoms with E-state index >= 15 is 0 Å². The second-order valence-electron chi connectivity index (χ2n) is 7.56. The van der Waals surface area contributed by atoms with Gasteiger partial charge in [-0.2, -0.15) is 0 Å². The third-order valence-corrected chi connectivity index (χ3v) is 5.49. The van der Waals surface area contributed by atoms with Gasteiger partial charge >= 0.3 is 0 Å². The van der Waals surface area contributed by atoms with E-state index in [1.165, 1.54) is 0 Å². The lowest BCUT2D eigenvalue weighted by Gasteiger charge is -2.21. The molecule has 0 saturated carbocycles. The quantitative estimate of drug-likeness (QED) is 0.435. The number of rotatable bonds is 7. The first-order valence-electron chi connectivity index (χ1n) is 10.6. The summed E-state index contributed by atoms with van der Waals surface area (Å²) >= 11 is 0. The van der Waals surface area contributed by atoms with Crippen LogP contribution in [0.25, 0.3) is 5.82 Å². The number of nitrogens with zero attached hydrogens (tertiary/aromatic N) is 5. The van der Waals surface area contributed by atoms with Crippen LogP contribution in [-0.4, -0.2) is 60.9 Å². The van der Waals surface area contributed by atoms with Gasteiger partial charge < -0.3 is 25.0 Å². The number of benzene rings is 1. The fourth-order valence-electron chi connectivity index (χ4n) is 3.77. The number of ether oxygens (including phenoxy) is 2. The van der Waals surface area contributed by atoms with Crippen LogP contribution >= 0.6 is 0 Å². The summed E-state index contributed by atoms with van der Waals surface area (Å²) < 4.78 is 12.7.